The number of hydrogen-bond acceptors (Lipinski definition) is 0. The van der Waals surface area contributed by atoms with Crippen molar-refractivity contribution in [2.75, 3.05) is 0 Å². The fraction of sp³-hybridized carbons (Fsp3) is 1.00. The molecule has 66 valence electrons. The lowest BCUT2D eigenvalue weighted by molar-refractivity contribution is -0.112. The van der Waals surface area contributed by atoms with Crippen molar-refractivity contribution in [2.45, 2.75) is 39.5 Å². The molecule has 0 aromatic rings. The molecule has 0 heterocycles. The van der Waals surface area contributed by atoms with Crippen LogP contribution in [0.15, 0.2) is 0 Å². The molecule has 3 unspecified atom stereocenters. The zero-order valence-electron chi connectivity index (χ0n) is 7.40. The second-order valence-corrected chi connectivity index (χ2v) is 3.92. The van der Waals surface area contributed by atoms with Gasteiger partial charge in [0.2, 0.25) is 0 Å². The average Bonchev–Trinajstić information content (AvgIpc) is 1.95. The molecule has 1 rings (SSSR count). The highest BCUT2D eigenvalue weighted by Gasteiger charge is 2.44. The first kappa shape index (κ1) is 8.95. The standard InChI is InChI=1S/C9H16F2/c1-6-4-5-9(10,11)8(3)7(6)2/h6-8H,4-5H2,1-3H3. The SMILES string of the molecule is CC1CCC(F)(F)C(C)C1C. The maximum atomic E-state index is 13.0. The molecule has 0 amide bonds. The molecule has 1 saturated carbocycles. The van der Waals surface area contributed by atoms with Gasteiger partial charge in [-0.15, -0.1) is 0 Å². The smallest absolute Gasteiger partial charge is 0.207 e. The van der Waals surface area contributed by atoms with Crippen molar-refractivity contribution < 1.29 is 8.78 Å². The Bertz CT molecular complexity index is 142. The predicted molar refractivity (Wildman–Crippen MR) is 41.7 cm³/mol. The molecular formula is C9H16F2. The molecule has 11 heavy (non-hydrogen) atoms. The second kappa shape index (κ2) is 2.72. The minimum atomic E-state index is -2.41. The lowest BCUT2D eigenvalue weighted by Gasteiger charge is -2.38. The highest BCUT2D eigenvalue weighted by atomic mass is 19.3. The van der Waals surface area contributed by atoms with Gasteiger partial charge in [0.1, 0.15) is 0 Å². The monoisotopic (exact) mass is 162 g/mol. The molecule has 1 fully saturated rings. The van der Waals surface area contributed by atoms with Crippen LogP contribution in [0, 0.1) is 17.8 Å². The van der Waals surface area contributed by atoms with E-state index in [1.54, 1.807) is 6.92 Å². The first-order valence-corrected chi connectivity index (χ1v) is 4.33. The Labute approximate surface area is 67.0 Å². The lowest BCUT2D eigenvalue weighted by atomic mass is 9.72. The van der Waals surface area contributed by atoms with Crippen LogP contribution in [0.2, 0.25) is 0 Å². The lowest BCUT2D eigenvalue weighted by Crippen LogP contribution is -2.38. The Morgan fingerprint density at radius 1 is 1.18 bits per heavy atom. The summed E-state index contributed by atoms with van der Waals surface area (Å²) in [4.78, 5) is 0. The summed E-state index contributed by atoms with van der Waals surface area (Å²) >= 11 is 0. The van der Waals surface area contributed by atoms with E-state index in [0.717, 1.165) is 0 Å². The third-order valence-electron chi connectivity index (χ3n) is 3.29. The van der Waals surface area contributed by atoms with Crippen molar-refractivity contribution >= 4 is 0 Å². The van der Waals surface area contributed by atoms with Gasteiger partial charge in [-0.25, -0.2) is 8.78 Å². The number of hydrogen-bond donors (Lipinski definition) is 0. The van der Waals surface area contributed by atoms with E-state index in [2.05, 4.69) is 6.92 Å². The summed E-state index contributed by atoms with van der Waals surface area (Å²) in [5, 5.41) is 0. The summed E-state index contributed by atoms with van der Waals surface area (Å²) in [6, 6.07) is 0. The van der Waals surface area contributed by atoms with Gasteiger partial charge >= 0.3 is 0 Å². The summed E-state index contributed by atoms with van der Waals surface area (Å²) in [5.41, 5.74) is 0. The summed E-state index contributed by atoms with van der Waals surface area (Å²) in [5.74, 6) is -2.22. The fourth-order valence-electron chi connectivity index (χ4n) is 1.79. The largest absolute Gasteiger partial charge is 0.250 e. The van der Waals surface area contributed by atoms with Crippen LogP contribution in [-0.2, 0) is 0 Å². The van der Waals surface area contributed by atoms with Gasteiger partial charge in [-0.1, -0.05) is 20.8 Å². The molecule has 0 saturated heterocycles. The van der Waals surface area contributed by atoms with Crippen LogP contribution in [0.5, 0.6) is 0 Å². The van der Waals surface area contributed by atoms with E-state index in [4.69, 9.17) is 0 Å². The molecule has 0 N–H and O–H groups in total. The molecule has 0 radical (unpaired) electrons. The first-order chi connectivity index (χ1) is 4.95. The quantitative estimate of drug-likeness (QED) is 0.512. The van der Waals surface area contributed by atoms with Gasteiger partial charge in [-0.2, -0.15) is 0 Å². The van der Waals surface area contributed by atoms with Crippen LogP contribution in [0.4, 0.5) is 8.78 Å². The Hall–Kier alpha value is -0.140. The Balaban J connectivity index is 2.67. The van der Waals surface area contributed by atoms with Crippen LogP contribution in [0.25, 0.3) is 0 Å². The zero-order chi connectivity index (χ0) is 8.65. The Morgan fingerprint density at radius 2 is 1.73 bits per heavy atom. The topological polar surface area (TPSA) is 0 Å². The van der Waals surface area contributed by atoms with Crippen molar-refractivity contribution in [1.29, 1.82) is 0 Å². The molecule has 0 nitrogen and oxygen atoms in total. The summed E-state index contributed by atoms with van der Waals surface area (Å²) in [7, 11) is 0. The number of rotatable bonds is 0. The van der Waals surface area contributed by atoms with Crippen molar-refractivity contribution in [3.8, 4) is 0 Å². The molecule has 0 aromatic heterocycles. The minimum absolute atomic E-state index is 0.0830. The van der Waals surface area contributed by atoms with Crippen LogP contribution >= 0.6 is 0 Å². The molecular weight excluding hydrogens is 146 g/mol. The van der Waals surface area contributed by atoms with E-state index in [-0.39, 0.29) is 12.3 Å². The van der Waals surface area contributed by atoms with E-state index in [9.17, 15) is 8.78 Å². The first-order valence-electron chi connectivity index (χ1n) is 4.33. The summed E-state index contributed by atoms with van der Waals surface area (Å²) < 4.78 is 26.0. The average molecular weight is 162 g/mol. The van der Waals surface area contributed by atoms with E-state index >= 15 is 0 Å². The minimum Gasteiger partial charge on any atom is -0.207 e. The van der Waals surface area contributed by atoms with Crippen LogP contribution in [0.3, 0.4) is 0 Å². The zero-order valence-corrected chi connectivity index (χ0v) is 7.40. The fourth-order valence-corrected chi connectivity index (χ4v) is 1.79. The van der Waals surface area contributed by atoms with Gasteiger partial charge in [-0.3, -0.25) is 0 Å². The molecule has 0 aromatic carbocycles. The molecule has 2 heteroatoms. The van der Waals surface area contributed by atoms with Crippen molar-refractivity contribution in [3.63, 3.8) is 0 Å². The van der Waals surface area contributed by atoms with Gasteiger partial charge in [0.15, 0.2) is 0 Å². The molecule has 1 aliphatic rings. The highest BCUT2D eigenvalue weighted by molar-refractivity contribution is 4.86. The molecule has 1 aliphatic carbocycles. The normalized spacial score (nSPS) is 43.9. The second-order valence-electron chi connectivity index (χ2n) is 3.92. The van der Waals surface area contributed by atoms with Crippen molar-refractivity contribution in [1.82, 2.24) is 0 Å². The highest BCUT2D eigenvalue weighted by Crippen LogP contribution is 2.43. The van der Waals surface area contributed by atoms with Gasteiger partial charge in [-0.05, 0) is 18.3 Å². The van der Waals surface area contributed by atoms with Crippen LogP contribution in [-0.4, -0.2) is 5.92 Å². The van der Waals surface area contributed by atoms with E-state index in [1.165, 1.54) is 0 Å². The van der Waals surface area contributed by atoms with E-state index in [1.807, 2.05) is 6.92 Å². The maximum Gasteiger partial charge on any atom is 0.250 e. The predicted octanol–water partition coefficient (Wildman–Crippen LogP) is 3.32. The van der Waals surface area contributed by atoms with Gasteiger partial charge < -0.3 is 0 Å². The van der Waals surface area contributed by atoms with Crippen LogP contribution in [0.1, 0.15) is 33.6 Å². The summed E-state index contributed by atoms with van der Waals surface area (Å²) in [6.45, 7) is 5.67. The van der Waals surface area contributed by atoms with Crippen molar-refractivity contribution in [2.24, 2.45) is 17.8 Å². The van der Waals surface area contributed by atoms with E-state index in [0.29, 0.717) is 12.3 Å². The third-order valence-corrected chi connectivity index (χ3v) is 3.29. The molecule has 0 aliphatic heterocycles. The Kier molecular flexibility index (Phi) is 2.22. The third kappa shape index (κ3) is 1.54. The van der Waals surface area contributed by atoms with Gasteiger partial charge in [0.05, 0.1) is 0 Å². The van der Waals surface area contributed by atoms with Gasteiger partial charge in [0, 0.05) is 12.3 Å². The van der Waals surface area contributed by atoms with Crippen molar-refractivity contribution in [3.05, 3.63) is 0 Å². The van der Waals surface area contributed by atoms with E-state index < -0.39 is 11.8 Å². The molecule has 0 spiro atoms. The van der Waals surface area contributed by atoms with Crippen LogP contribution < -0.4 is 0 Å². The Morgan fingerprint density at radius 3 is 2.18 bits per heavy atom. The molecule has 3 atom stereocenters. The maximum absolute atomic E-state index is 13.0. The number of halogens is 2. The van der Waals surface area contributed by atoms with Gasteiger partial charge in [0.25, 0.3) is 5.92 Å². The number of alkyl halides is 2. The molecule has 0 bridgehead atoms. The summed E-state index contributed by atoms with van der Waals surface area (Å²) in [6.07, 6.45) is 0.762.